The van der Waals surface area contributed by atoms with Crippen LogP contribution in [-0.4, -0.2) is 62.0 Å². The number of aromatic nitrogens is 2. The Morgan fingerprint density at radius 2 is 2.16 bits per heavy atom. The number of aromatic amines is 1. The second kappa shape index (κ2) is 9.55. The number of halogens is 1. The van der Waals surface area contributed by atoms with Crippen LogP contribution in [0.2, 0.25) is 0 Å². The molecule has 6 atom stereocenters. The molecule has 0 amide bonds. The van der Waals surface area contributed by atoms with Crippen molar-refractivity contribution in [1.29, 1.82) is 0 Å². The summed E-state index contributed by atoms with van der Waals surface area (Å²) in [5.41, 5.74) is -4.29. The molecule has 0 radical (unpaired) electrons. The van der Waals surface area contributed by atoms with Gasteiger partial charge in [-0.25, -0.2) is 14.3 Å². The number of esters is 1. The zero-order valence-corrected chi connectivity index (χ0v) is 18.0. The van der Waals surface area contributed by atoms with E-state index in [9.17, 15) is 29.2 Å². The van der Waals surface area contributed by atoms with E-state index in [1.54, 1.807) is 13.8 Å². The van der Waals surface area contributed by atoms with Crippen molar-refractivity contribution in [2.75, 3.05) is 6.61 Å². The zero-order chi connectivity index (χ0) is 23.6. The molecule has 4 N–H and O–H groups in total. The summed E-state index contributed by atoms with van der Waals surface area (Å²) >= 11 is 0. The highest BCUT2D eigenvalue weighted by Gasteiger charge is 2.64. The second-order valence-corrected chi connectivity index (χ2v) is 8.35. The SMILES string of the molecule is C=C[C@]1(O)[C@H](n2ccc(=O)[nH]c2=O)O[C@](F)(CO[PH](=O)N[C@@H](C)C(=O)OC(C)C)[C@H]1O. The number of alkyl halides is 1. The van der Waals surface area contributed by atoms with Gasteiger partial charge in [0, 0.05) is 12.3 Å². The third-order valence-electron chi connectivity index (χ3n) is 4.42. The topological polar surface area (TPSA) is 169 Å². The van der Waals surface area contributed by atoms with Gasteiger partial charge in [0.2, 0.25) is 0 Å². The van der Waals surface area contributed by atoms with Gasteiger partial charge < -0.3 is 24.2 Å². The molecule has 0 aromatic carbocycles. The molecule has 0 saturated carbocycles. The van der Waals surface area contributed by atoms with Gasteiger partial charge in [-0.1, -0.05) is 12.7 Å². The Hall–Kier alpha value is -2.15. The smallest absolute Gasteiger partial charge is 0.330 e. The number of rotatable bonds is 9. The molecule has 2 heterocycles. The van der Waals surface area contributed by atoms with Gasteiger partial charge in [-0.2, -0.15) is 0 Å². The Morgan fingerprint density at radius 1 is 1.52 bits per heavy atom. The van der Waals surface area contributed by atoms with E-state index in [4.69, 9.17) is 14.0 Å². The molecule has 31 heavy (non-hydrogen) atoms. The molecular formula is C17H25FN3O9P. The number of aliphatic hydroxyl groups is 2. The van der Waals surface area contributed by atoms with Crippen LogP contribution in [0.25, 0.3) is 0 Å². The van der Waals surface area contributed by atoms with E-state index in [2.05, 4.69) is 11.7 Å². The van der Waals surface area contributed by atoms with Gasteiger partial charge in [-0.05, 0) is 20.8 Å². The number of carbonyl (C=O) groups is 1. The van der Waals surface area contributed by atoms with Gasteiger partial charge in [0.25, 0.3) is 19.6 Å². The van der Waals surface area contributed by atoms with E-state index in [0.29, 0.717) is 4.57 Å². The van der Waals surface area contributed by atoms with Crippen LogP contribution in [0.1, 0.15) is 27.0 Å². The van der Waals surface area contributed by atoms with Crippen LogP contribution in [0.3, 0.4) is 0 Å². The standard InChI is InChI=1S/C17H25FN3O9P/c1-5-16(26)13(24)17(18,30-14(16)21-7-6-11(22)19-15(21)25)8-28-31(27)20-10(4)12(23)29-9(2)3/h5-7,9-10,13-14,24,26,31H,1,8H2,2-4H3,(H,20,27)(H,19,22,25)/t10-,13-,14+,16+,17+/m0/s1. The monoisotopic (exact) mass is 465 g/mol. The summed E-state index contributed by atoms with van der Waals surface area (Å²) < 4.78 is 42.9. The molecule has 1 aliphatic rings. The first kappa shape index (κ1) is 25.1. The van der Waals surface area contributed by atoms with E-state index in [0.717, 1.165) is 18.3 Å². The molecule has 174 valence electrons. The highest BCUT2D eigenvalue weighted by Crippen LogP contribution is 2.46. The minimum Gasteiger partial charge on any atom is -0.462 e. The van der Waals surface area contributed by atoms with Gasteiger partial charge in [0.1, 0.15) is 12.6 Å². The predicted molar refractivity (Wildman–Crippen MR) is 105 cm³/mol. The van der Waals surface area contributed by atoms with E-state index >= 15 is 4.39 Å². The third kappa shape index (κ3) is 5.37. The molecule has 14 heteroatoms. The summed E-state index contributed by atoms with van der Waals surface area (Å²) in [6.45, 7) is 6.81. The van der Waals surface area contributed by atoms with Gasteiger partial charge in [0.05, 0.1) is 6.10 Å². The van der Waals surface area contributed by atoms with Crippen molar-refractivity contribution in [2.24, 2.45) is 0 Å². The van der Waals surface area contributed by atoms with Crippen molar-refractivity contribution in [3.63, 3.8) is 0 Å². The average Bonchev–Trinajstić information content (AvgIpc) is 2.88. The summed E-state index contributed by atoms with van der Waals surface area (Å²) in [7, 11) is -3.21. The predicted octanol–water partition coefficient (Wildman–Crippen LogP) is -0.655. The first-order valence-electron chi connectivity index (χ1n) is 9.20. The molecule has 1 aliphatic heterocycles. The quantitative estimate of drug-likeness (QED) is 0.209. The maximum absolute atomic E-state index is 15.3. The van der Waals surface area contributed by atoms with E-state index in [1.807, 2.05) is 4.98 Å². The normalized spacial score (nSPS) is 30.2. The molecule has 0 aliphatic carbocycles. The average molecular weight is 465 g/mol. The number of ether oxygens (including phenoxy) is 2. The number of nitrogens with zero attached hydrogens (tertiary/aromatic N) is 1. The number of nitrogens with one attached hydrogen (secondary N) is 2. The van der Waals surface area contributed by atoms with Gasteiger partial charge >= 0.3 is 11.7 Å². The lowest BCUT2D eigenvalue weighted by Crippen LogP contribution is -2.50. The minimum atomic E-state index is -3.21. The van der Waals surface area contributed by atoms with Crippen LogP contribution < -0.4 is 16.3 Å². The number of H-pyrrole nitrogens is 1. The highest BCUT2D eigenvalue weighted by atomic mass is 31.1. The maximum atomic E-state index is 15.3. The van der Waals surface area contributed by atoms with Gasteiger partial charge in [-0.15, -0.1) is 0 Å². The Bertz CT molecular complexity index is 967. The molecule has 12 nitrogen and oxygen atoms in total. The summed E-state index contributed by atoms with van der Waals surface area (Å²) in [6, 6.07) is -0.105. The fraction of sp³-hybridized carbons (Fsp3) is 0.588. The summed E-state index contributed by atoms with van der Waals surface area (Å²) in [5.74, 6) is -3.82. The molecule has 1 unspecified atom stereocenters. The van der Waals surface area contributed by atoms with Crippen LogP contribution in [0.5, 0.6) is 0 Å². The van der Waals surface area contributed by atoms with Crippen molar-refractivity contribution in [3.05, 3.63) is 45.8 Å². The van der Waals surface area contributed by atoms with Crippen molar-refractivity contribution in [3.8, 4) is 0 Å². The fourth-order valence-electron chi connectivity index (χ4n) is 2.82. The van der Waals surface area contributed by atoms with Crippen LogP contribution in [0, 0.1) is 0 Å². The van der Waals surface area contributed by atoms with Crippen LogP contribution in [0.15, 0.2) is 34.5 Å². The summed E-state index contributed by atoms with van der Waals surface area (Å²) in [5, 5.41) is 23.3. The van der Waals surface area contributed by atoms with Crippen LogP contribution in [-0.2, 0) is 23.4 Å². The number of hydrogen-bond acceptors (Lipinski definition) is 9. The number of carbonyl (C=O) groups excluding carboxylic acids is 1. The lowest BCUT2D eigenvalue weighted by atomic mass is 9.93. The Balaban J connectivity index is 2.15. The van der Waals surface area contributed by atoms with Gasteiger partial charge in [-0.3, -0.25) is 23.7 Å². The Morgan fingerprint density at radius 3 is 2.71 bits per heavy atom. The molecule has 1 aromatic rings. The van der Waals surface area contributed by atoms with E-state index in [1.165, 1.54) is 6.92 Å². The Kier molecular flexibility index (Phi) is 7.74. The van der Waals surface area contributed by atoms with Crippen molar-refractivity contribution >= 4 is 14.1 Å². The van der Waals surface area contributed by atoms with Crippen LogP contribution in [0.4, 0.5) is 4.39 Å². The molecule has 2 rings (SSSR count). The van der Waals surface area contributed by atoms with Crippen molar-refractivity contribution in [2.45, 2.75) is 56.7 Å². The lowest BCUT2D eigenvalue weighted by molar-refractivity contribution is -0.202. The first-order valence-corrected chi connectivity index (χ1v) is 10.5. The van der Waals surface area contributed by atoms with E-state index in [-0.39, 0.29) is 0 Å². The molecule has 1 aromatic heterocycles. The van der Waals surface area contributed by atoms with Gasteiger partial charge in [0.15, 0.2) is 17.9 Å². The third-order valence-corrected chi connectivity index (χ3v) is 5.50. The van der Waals surface area contributed by atoms with Crippen LogP contribution >= 0.6 is 8.18 Å². The van der Waals surface area contributed by atoms with E-state index < -0.39 is 67.9 Å². The highest BCUT2D eigenvalue weighted by molar-refractivity contribution is 7.36. The molecule has 1 saturated heterocycles. The first-order chi connectivity index (χ1) is 14.3. The summed E-state index contributed by atoms with van der Waals surface area (Å²) in [4.78, 5) is 36.9. The largest absolute Gasteiger partial charge is 0.462 e. The fourth-order valence-corrected chi connectivity index (χ4v) is 3.70. The molecule has 0 spiro atoms. The maximum Gasteiger partial charge on any atom is 0.330 e. The van der Waals surface area contributed by atoms with Crippen molar-refractivity contribution < 1.29 is 38.0 Å². The Labute approximate surface area is 176 Å². The molecule has 1 fully saturated rings. The zero-order valence-electron chi connectivity index (χ0n) is 17.0. The van der Waals surface area contributed by atoms with Crippen molar-refractivity contribution in [1.82, 2.24) is 14.6 Å². The number of aliphatic hydroxyl groups excluding tert-OH is 1. The molecular weight excluding hydrogens is 440 g/mol. The summed E-state index contributed by atoms with van der Waals surface area (Å²) in [6.07, 6.45) is -2.83. The minimum absolute atomic E-state index is 0.402. The number of hydrogen-bond donors (Lipinski definition) is 4. The lowest BCUT2D eigenvalue weighted by Gasteiger charge is -2.28. The second-order valence-electron chi connectivity index (χ2n) is 7.20. The molecule has 0 bridgehead atoms.